The number of rotatable bonds is 3. The second-order valence-corrected chi connectivity index (χ2v) is 7.49. The Morgan fingerprint density at radius 2 is 2.18 bits per heavy atom. The number of carbonyl (C=O) groups is 1. The summed E-state index contributed by atoms with van der Waals surface area (Å²) in [5, 5.41) is 3.72. The second kappa shape index (κ2) is 6.32. The molecule has 4 nitrogen and oxygen atoms in total. The first kappa shape index (κ1) is 15.4. The van der Waals surface area contributed by atoms with Gasteiger partial charge >= 0.3 is 0 Å². The molecule has 1 aliphatic carbocycles. The Labute approximate surface area is 136 Å². The number of hydrogen-bond acceptors (Lipinski definition) is 4. The Morgan fingerprint density at radius 1 is 1.41 bits per heavy atom. The largest absolute Gasteiger partial charge is 0.379 e. The summed E-state index contributed by atoms with van der Waals surface area (Å²) < 4.78 is 0. The Hall–Kier alpha value is -1.49. The molecule has 1 amide bonds. The zero-order valence-corrected chi connectivity index (χ0v) is 13.8. The molecule has 3 N–H and O–H groups in total. The van der Waals surface area contributed by atoms with Crippen LogP contribution >= 0.6 is 11.8 Å². The summed E-state index contributed by atoms with van der Waals surface area (Å²) >= 11 is 1.60. The molecule has 0 bridgehead atoms. The molecular weight excluding hydrogens is 294 g/mol. The number of carbonyl (C=O) groups excluding carboxylic acids is 1. The van der Waals surface area contributed by atoms with Gasteiger partial charge in [-0.3, -0.25) is 9.79 Å². The number of thioether (sulfide) groups is 1. The second-order valence-electron chi connectivity index (χ2n) is 6.37. The maximum absolute atomic E-state index is 12.3. The predicted molar refractivity (Wildman–Crippen MR) is 93.1 cm³/mol. The fraction of sp³-hybridized carbons (Fsp3) is 0.529. The van der Waals surface area contributed by atoms with E-state index in [2.05, 4.69) is 23.3 Å². The van der Waals surface area contributed by atoms with Gasteiger partial charge in [0.2, 0.25) is 5.91 Å². The van der Waals surface area contributed by atoms with Gasteiger partial charge in [-0.15, -0.1) is 0 Å². The average molecular weight is 317 g/mol. The molecule has 1 unspecified atom stereocenters. The third kappa shape index (κ3) is 3.29. The van der Waals surface area contributed by atoms with Crippen molar-refractivity contribution in [3.8, 4) is 0 Å². The molecule has 22 heavy (non-hydrogen) atoms. The zero-order chi connectivity index (χ0) is 15.6. The lowest BCUT2D eigenvalue weighted by molar-refractivity contribution is -0.119. The standard InChI is InChI=1S/C17H23N3OS/c1-17(9-10-22-16(18)20-17)13-7-4-8-14(11-13)19-15(21)12-5-2-3-6-12/h4,7-8,11-12H,2-3,5-6,9-10H2,1H3,(H2,18,20)(H,19,21). The smallest absolute Gasteiger partial charge is 0.227 e. The van der Waals surface area contributed by atoms with E-state index in [1.165, 1.54) is 12.8 Å². The quantitative estimate of drug-likeness (QED) is 0.897. The molecule has 0 spiro atoms. The number of benzene rings is 1. The molecule has 1 heterocycles. The van der Waals surface area contributed by atoms with Gasteiger partial charge in [-0.1, -0.05) is 36.7 Å². The van der Waals surface area contributed by atoms with Crippen LogP contribution in [0.3, 0.4) is 0 Å². The summed E-state index contributed by atoms with van der Waals surface area (Å²) in [6.45, 7) is 2.11. The Balaban J connectivity index is 1.77. The molecule has 1 aromatic carbocycles. The van der Waals surface area contributed by atoms with Gasteiger partial charge in [-0.05, 0) is 43.9 Å². The van der Waals surface area contributed by atoms with E-state index in [1.807, 2.05) is 18.2 Å². The maximum atomic E-state index is 12.3. The third-order valence-electron chi connectivity index (χ3n) is 4.67. The number of aliphatic imine (C=N–C) groups is 1. The van der Waals surface area contributed by atoms with Crippen LogP contribution in [-0.4, -0.2) is 16.8 Å². The summed E-state index contributed by atoms with van der Waals surface area (Å²) in [6.07, 6.45) is 5.32. The van der Waals surface area contributed by atoms with Gasteiger partial charge in [-0.2, -0.15) is 0 Å². The van der Waals surface area contributed by atoms with Crippen molar-refractivity contribution in [2.45, 2.75) is 44.6 Å². The fourth-order valence-electron chi connectivity index (χ4n) is 3.26. The Kier molecular flexibility index (Phi) is 4.43. The predicted octanol–water partition coefficient (Wildman–Crippen LogP) is 3.48. The van der Waals surface area contributed by atoms with Crippen molar-refractivity contribution in [1.82, 2.24) is 0 Å². The molecule has 1 aliphatic heterocycles. The summed E-state index contributed by atoms with van der Waals surface area (Å²) in [5.41, 5.74) is 7.58. The van der Waals surface area contributed by atoms with Crippen molar-refractivity contribution in [2.24, 2.45) is 16.6 Å². The first-order chi connectivity index (χ1) is 10.6. The Bertz CT molecular complexity index is 595. The summed E-state index contributed by atoms with van der Waals surface area (Å²) in [4.78, 5) is 16.9. The molecule has 0 aromatic heterocycles. The summed E-state index contributed by atoms with van der Waals surface area (Å²) in [7, 11) is 0. The van der Waals surface area contributed by atoms with Crippen molar-refractivity contribution in [3.63, 3.8) is 0 Å². The zero-order valence-electron chi connectivity index (χ0n) is 13.0. The molecule has 0 radical (unpaired) electrons. The molecule has 5 heteroatoms. The normalized spacial score (nSPS) is 25.8. The van der Waals surface area contributed by atoms with Gasteiger partial charge < -0.3 is 11.1 Å². The van der Waals surface area contributed by atoms with Gasteiger partial charge in [-0.25, -0.2) is 0 Å². The molecule has 1 atom stereocenters. The highest BCUT2D eigenvalue weighted by Gasteiger charge is 2.30. The topological polar surface area (TPSA) is 67.5 Å². The van der Waals surface area contributed by atoms with Crippen LogP contribution in [0, 0.1) is 5.92 Å². The van der Waals surface area contributed by atoms with E-state index in [-0.39, 0.29) is 17.4 Å². The van der Waals surface area contributed by atoms with E-state index in [0.717, 1.165) is 36.3 Å². The first-order valence-corrected chi connectivity index (χ1v) is 8.95. The average Bonchev–Trinajstić information content (AvgIpc) is 3.01. The third-order valence-corrected chi connectivity index (χ3v) is 5.47. The number of hydrogen-bond donors (Lipinski definition) is 2. The molecule has 1 fully saturated rings. The minimum absolute atomic E-state index is 0.155. The number of amidine groups is 1. The fourth-order valence-corrected chi connectivity index (χ4v) is 4.23. The molecule has 3 rings (SSSR count). The number of nitrogens with two attached hydrogens (primary N) is 1. The van der Waals surface area contributed by atoms with Crippen molar-refractivity contribution < 1.29 is 4.79 Å². The van der Waals surface area contributed by atoms with Crippen LogP contribution in [0.15, 0.2) is 29.3 Å². The van der Waals surface area contributed by atoms with E-state index >= 15 is 0 Å². The van der Waals surface area contributed by atoms with E-state index in [9.17, 15) is 4.79 Å². The van der Waals surface area contributed by atoms with Crippen LogP contribution in [0.1, 0.15) is 44.6 Å². The molecule has 0 saturated heterocycles. The van der Waals surface area contributed by atoms with Gasteiger partial charge in [0.1, 0.15) is 0 Å². The van der Waals surface area contributed by atoms with Crippen LogP contribution in [0.4, 0.5) is 5.69 Å². The number of nitrogens with one attached hydrogen (secondary N) is 1. The van der Waals surface area contributed by atoms with Crippen LogP contribution in [-0.2, 0) is 10.3 Å². The van der Waals surface area contributed by atoms with Crippen LogP contribution in [0.2, 0.25) is 0 Å². The minimum Gasteiger partial charge on any atom is -0.379 e. The van der Waals surface area contributed by atoms with Gasteiger partial charge in [0.15, 0.2) is 5.17 Å². The lowest BCUT2D eigenvalue weighted by atomic mass is 9.89. The van der Waals surface area contributed by atoms with Gasteiger partial charge in [0.05, 0.1) is 5.54 Å². The van der Waals surface area contributed by atoms with Crippen LogP contribution in [0.5, 0.6) is 0 Å². The minimum atomic E-state index is -0.288. The Morgan fingerprint density at radius 3 is 2.91 bits per heavy atom. The van der Waals surface area contributed by atoms with Crippen molar-refractivity contribution >= 4 is 28.5 Å². The monoisotopic (exact) mass is 317 g/mol. The highest BCUT2D eigenvalue weighted by atomic mass is 32.2. The van der Waals surface area contributed by atoms with Crippen molar-refractivity contribution in [3.05, 3.63) is 29.8 Å². The van der Waals surface area contributed by atoms with Gasteiger partial charge in [0.25, 0.3) is 0 Å². The number of amides is 1. The van der Waals surface area contributed by atoms with E-state index in [0.29, 0.717) is 5.17 Å². The molecule has 1 saturated carbocycles. The van der Waals surface area contributed by atoms with Crippen LogP contribution < -0.4 is 11.1 Å². The molecular formula is C17H23N3OS. The highest BCUT2D eigenvalue weighted by Crippen LogP contribution is 2.36. The van der Waals surface area contributed by atoms with Crippen LogP contribution in [0.25, 0.3) is 0 Å². The first-order valence-electron chi connectivity index (χ1n) is 7.96. The van der Waals surface area contributed by atoms with E-state index < -0.39 is 0 Å². The maximum Gasteiger partial charge on any atom is 0.227 e. The molecule has 2 aliphatic rings. The van der Waals surface area contributed by atoms with Crippen molar-refractivity contribution in [1.29, 1.82) is 0 Å². The lowest BCUT2D eigenvalue weighted by Crippen LogP contribution is -2.29. The molecule has 1 aromatic rings. The van der Waals surface area contributed by atoms with E-state index in [1.54, 1.807) is 11.8 Å². The summed E-state index contributed by atoms with van der Waals surface area (Å²) in [6, 6.07) is 8.04. The highest BCUT2D eigenvalue weighted by molar-refractivity contribution is 8.13. The summed E-state index contributed by atoms with van der Waals surface area (Å²) in [5.74, 6) is 1.31. The van der Waals surface area contributed by atoms with E-state index in [4.69, 9.17) is 5.73 Å². The number of anilines is 1. The molecule has 118 valence electrons. The van der Waals surface area contributed by atoms with Gasteiger partial charge in [0, 0.05) is 17.4 Å². The van der Waals surface area contributed by atoms with Crippen molar-refractivity contribution in [2.75, 3.05) is 11.1 Å². The number of nitrogens with zero attached hydrogens (tertiary/aromatic N) is 1. The SMILES string of the molecule is CC1(c2cccc(NC(=O)C3CCCC3)c2)CCSC(N)=N1. The lowest BCUT2D eigenvalue weighted by Gasteiger charge is -2.30.